The lowest BCUT2D eigenvalue weighted by atomic mass is 9.92. The molecular formula is C14H13N3O3. The molecule has 102 valence electrons. The fraction of sp³-hybridized carbons (Fsp3) is 0.357. The number of carbonyl (C=O) groups excluding carboxylic acids is 3. The predicted molar refractivity (Wildman–Crippen MR) is 71.4 cm³/mol. The summed E-state index contributed by atoms with van der Waals surface area (Å²) in [5.74, 6) is 0. The molecule has 0 aliphatic rings. The molecule has 0 amide bonds. The van der Waals surface area contributed by atoms with Gasteiger partial charge in [-0.1, -0.05) is 6.07 Å². The van der Waals surface area contributed by atoms with E-state index in [0.717, 1.165) is 27.8 Å². The van der Waals surface area contributed by atoms with Gasteiger partial charge in [0.1, 0.15) is 0 Å². The van der Waals surface area contributed by atoms with E-state index in [1.807, 2.05) is 19.9 Å². The van der Waals surface area contributed by atoms with Gasteiger partial charge in [-0.05, 0) is 41.7 Å². The molecule has 0 aliphatic carbocycles. The molecule has 1 aromatic carbocycles. The first-order valence-electron chi connectivity index (χ1n) is 5.87. The van der Waals surface area contributed by atoms with E-state index in [2.05, 4.69) is 15.0 Å². The quantitative estimate of drug-likeness (QED) is 0.583. The maximum absolute atomic E-state index is 10.3. The summed E-state index contributed by atoms with van der Waals surface area (Å²) in [4.78, 5) is 41.5. The van der Waals surface area contributed by atoms with E-state index in [9.17, 15) is 14.4 Å². The van der Waals surface area contributed by atoms with Gasteiger partial charge in [0, 0.05) is 0 Å². The minimum absolute atomic E-state index is 0.151. The Labute approximate surface area is 116 Å². The summed E-state index contributed by atoms with van der Waals surface area (Å²) < 4.78 is 0. The zero-order chi connectivity index (χ0) is 15.0. The number of nitrogens with zero attached hydrogens (tertiary/aromatic N) is 3. The Morgan fingerprint density at radius 3 is 1.90 bits per heavy atom. The van der Waals surface area contributed by atoms with Gasteiger partial charge in [0.15, 0.2) is 0 Å². The zero-order valence-corrected chi connectivity index (χ0v) is 11.3. The molecule has 0 fully saturated rings. The van der Waals surface area contributed by atoms with Crippen LogP contribution in [0.25, 0.3) is 0 Å². The normalized spacial score (nSPS) is 9.10. The number of aliphatic imine (C=N–C) groups is 3. The third-order valence-corrected chi connectivity index (χ3v) is 3.08. The number of benzene rings is 1. The van der Waals surface area contributed by atoms with E-state index in [0.29, 0.717) is 0 Å². The van der Waals surface area contributed by atoms with Gasteiger partial charge in [-0.3, -0.25) is 0 Å². The van der Waals surface area contributed by atoms with Gasteiger partial charge >= 0.3 is 0 Å². The van der Waals surface area contributed by atoms with Gasteiger partial charge in [0.25, 0.3) is 0 Å². The van der Waals surface area contributed by atoms with Gasteiger partial charge < -0.3 is 0 Å². The van der Waals surface area contributed by atoms with Crippen molar-refractivity contribution in [1.29, 1.82) is 0 Å². The van der Waals surface area contributed by atoms with Crippen LogP contribution >= 0.6 is 0 Å². The van der Waals surface area contributed by atoms with E-state index in [-0.39, 0.29) is 19.6 Å². The second kappa shape index (κ2) is 7.72. The Morgan fingerprint density at radius 2 is 1.35 bits per heavy atom. The molecule has 0 heterocycles. The fourth-order valence-corrected chi connectivity index (χ4v) is 2.05. The average molecular weight is 271 g/mol. The monoisotopic (exact) mass is 271 g/mol. The van der Waals surface area contributed by atoms with Crippen LogP contribution in [0.5, 0.6) is 0 Å². The molecule has 0 aliphatic heterocycles. The molecule has 6 nitrogen and oxygen atoms in total. The van der Waals surface area contributed by atoms with Crippen LogP contribution in [0.2, 0.25) is 0 Å². The van der Waals surface area contributed by atoms with Crippen molar-refractivity contribution in [3.8, 4) is 0 Å². The van der Waals surface area contributed by atoms with Crippen molar-refractivity contribution in [3.63, 3.8) is 0 Å². The molecule has 0 bridgehead atoms. The topological polar surface area (TPSA) is 88.3 Å². The highest BCUT2D eigenvalue weighted by atomic mass is 16.1. The van der Waals surface area contributed by atoms with Gasteiger partial charge in [-0.25, -0.2) is 29.4 Å². The summed E-state index contributed by atoms with van der Waals surface area (Å²) in [7, 11) is 0. The lowest BCUT2D eigenvalue weighted by Gasteiger charge is -2.15. The van der Waals surface area contributed by atoms with E-state index < -0.39 is 0 Å². The third kappa shape index (κ3) is 3.67. The summed E-state index contributed by atoms with van der Waals surface area (Å²) in [6, 6.07) is 1.87. The number of rotatable bonds is 6. The smallest absolute Gasteiger partial charge is 0.211 e. The van der Waals surface area contributed by atoms with Crippen molar-refractivity contribution >= 4 is 18.2 Å². The predicted octanol–water partition coefficient (Wildman–Crippen LogP) is 1.81. The highest BCUT2D eigenvalue weighted by Gasteiger charge is 2.13. The Bertz CT molecular complexity index is 648. The Balaban J connectivity index is 3.42. The van der Waals surface area contributed by atoms with Crippen LogP contribution in [-0.2, 0) is 34.0 Å². The molecule has 0 aromatic heterocycles. The van der Waals surface area contributed by atoms with E-state index >= 15 is 0 Å². The fourth-order valence-electron chi connectivity index (χ4n) is 2.05. The lowest BCUT2D eigenvalue weighted by Crippen LogP contribution is -2.03. The molecule has 0 saturated carbocycles. The van der Waals surface area contributed by atoms with Crippen molar-refractivity contribution in [3.05, 3.63) is 33.9 Å². The average Bonchev–Trinajstić information content (AvgIpc) is 2.45. The Morgan fingerprint density at radius 1 is 0.850 bits per heavy atom. The summed E-state index contributed by atoms with van der Waals surface area (Å²) in [5, 5.41) is 0. The van der Waals surface area contributed by atoms with Crippen LogP contribution in [-0.4, -0.2) is 18.2 Å². The third-order valence-electron chi connectivity index (χ3n) is 3.08. The molecule has 6 heteroatoms. The van der Waals surface area contributed by atoms with Crippen molar-refractivity contribution < 1.29 is 14.4 Å². The van der Waals surface area contributed by atoms with E-state index in [4.69, 9.17) is 0 Å². The molecule has 0 saturated heterocycles. The number of isocyanates is 3. The van der Waals surface area contributed by atoms with Crippen LogP contribution in [0.1, 0.15) is 27.8 Å². The van der Waals surface area contributed by atoms with Crippen molar-refractivity contribution in [1.82, 2.24) is 0 Å². The molecule has 1 aromatic rings. The molecule has 0 N–H and O–H groups in total. The molecule has 0 unspecified atom stereocenters. The number of aryl methyl sites for hydroxylation is 1. The molecule has 0 spiro atoms. The Hall–Kier alpha value is -2.64. The summed E-state index contributed by atoms with van der Waals surface area (Å²) in [6.45, 7) is 4.25. The minimum Gasteiger partial charge on any atom is -0.211 e. The molecule has 0 atom stereocenters. The summed E-state index contributed by atoms with van der Waals surface area (Å²) >= 11 is 0. The number of hydrogen-bond donors (Lipinski definition) is 0. The van der Waals surface area contributed by atoms with Crippen molar-refractivity contribution in [2.45, 2.75) is 33.5 Å². The van der Waals surface area contributed by atoms with E-state index in [1.54, 1.807) is 0 Å². The first-order chi connectivity index (χ1) is 9.65. The van der Waals surface area contributed by atoms with Gasteiger partial charge in [-0.15, -0.1) is 0 Å². The van der Waals surface area contributed by atoms with Crippen LogP contribution < -0.4 is 0 Å². The van der Waals surface area contributed by atoms with Gasteiger partial charge in [-0.2, -0.15) is 0 Å². The van der Waals surface area contributed by atoms with Crippen LogP contribution in [0, 0.1) is 13.8 Å². The van der Waals surface area contributed by atoms with Crippen molar-refractivity contribution in [2.24, 2.45) is 15.0 Å². The van der Waals surface area contributed by atoms with Crippen LogP contribution in [0.3, 0.4) is 0 Å². The number of hydrogen-bond acceptors (Lipinski definition) is 6. The second-order valence-corrected chi connectivity index (χ2v) is 4.16. The lowest BCUT2D eigenvalue weighted by molar-refractivity contribution is 0.561. The Kier molecular flexibility index (Phi) is 5.95. The minimum atomic E-state index is 0.151. The van der Waals surface area contributed by atoms with Crippen LogP contribution in [0.15, 0.2) is 21.0 Å². The highest BCUT2D eigenvalue weighted by molar-refractivity contribution is 5.48. The first kappa shape index (κ1) is 15.4. The molecule has 20 heavy (non-hydrogen) atoms. The van der Waals surface area contributed by atoms with Gasteiger partial charge in [0.2, 0.25) is 18.2 Å². The maximum Gasteiger partial charge on any atom is 0.235 e. The standard InChI is InChI=1S/C14H13N3O3/c1-10-3-12(4-15-7-18)11(2)14(6-17-9-20)13(10)5-16-8-19/h3H,4-6H2,1-2H3. The van der Waals surface area contributed by atoms with Crippen molar-refractivity contribution in [2.75, 3.05) is 0 Å². The summed E-state index contributed by atoms with van der Waals surface area (Å²) in [6.07, 6.45) is 4.48. The molecule has 0 radical (unpaired) electrons. The van der Waals surface area contributed by atoms with E-state index in [1.165, 1.54) is 18.2 Å². The largest absolute Gasteiger partial charge is 0.235 e. The first-order valence-corrected chi connectivity index (χ1v) is 5.87. The SMILES string of the molecule is Cc1cc(CN=C=O)c(C)c(CN=C=O)c1CN=C=O. The second-order valence-electron chi connectivity index (χ2n) is 4.16. The molecular weight excluding hydrogens is 258 g/mol. The van der Waals surface area contributed by atoms with Gasteiger partial charge in [0.05, 0.1) is 19.6 Å². The summed E-state index contributed by atoms with van der Waals surface area (Å²) in [5.41, 5.74) is 4.22. The molecule has 1 rings (SSSR count). The highest BCUT2D eigenvalue weighted by Crippen LogP contribution is 2.25. The maximum atomic E-state index is 10.3. The van der Waals surface area contributed by atoms with Crippen LogP contribution in [0.4, 0.5) is 0 Å². The zero-order valence-electron chi connectivity index (χ0n) is 11.3.